The number of halogens is 3. The van der Waals surface area contributed by atoms with Crippen molar-refractivity contribution in [3.63, 3.8) is 0 Å². The summed E-state index contributed by atoms with van der Waals surface area (Å²) in [5, 5.41) is 13.0. The molecule has 2 atom stereocenters. The van der Waals surface area contributed by atoms with Crippen LogP contribution in [0.5, 0.6) is 0 Å². The number of amides is 1. The summed E-state index contributed by atoms with van der Waals surface area (Å²) in [7, 11) is 0. The van der Waals surface area contributed by atoms with Gasteiger partial charge in [-0.3, -0.25) is 4.79 Å². The first-order valence-electron chi connectivity index (χ1n) is 9.50. The summed E-state index contributed by atoms with van der Waals surface area (Å²) >= 11 is 0. The van der Waals surface area contributed by atoms with E-state index < -0.39 is 35.6 Å². The first kappa shape index (κ1) is 19.4. The van der Waals surface area contributed by atoms with Crippen molar-refractivity contribution in [3.8, 4) is 0 Å². The maximum Gasteiger partial charge on any atom is 0.253 e. The number of aliphatic hydroxyl groups excluding tert-OH is 1. The molecular weight excluding hydrogens is 383 g/mol. The molecule has 152 valence electrons. The Morgan fingerprint density at radius 3 is 2.79 bits per heavy atom. The molecule has 4 rings (SSSR count). The van der Waals surface area contributed by atoms with Gasteiger partial charge in [0.1, 0.15) is 11.6 Å². The van der Waals surface area contributed by atoms with Crippen LogP contribution in [0.3, 0.4) is 0 Å². The number of carbonyl (C=O) groups is 1. The van der Waals surface area contributed by atoms with Gasteiger partial charge in [-0.25, -0.2) is 13.8 Å². The van der Waals surface area contributed by atoms with Gasteiger partial charge in [-0.05, 0) is 25.0 Å². The molecule has 29 heavy (non-hydrogen) atoms. The van der Waals surface area contributed by atoms with E-state index in [0.29, 0.717) is 18.4 Å². The lowest BCUT2D eigenvalue weighted by Gasteiger charge is -2.28. The lowest BCUT2D eigenvalue weighted by molar-refractivity contribution is 0.0718. The third kappa shape index (κ3) is 3.85. The van der Waals surface area contributed by atoms with Gasteiger partial charge in [0.2, 0.25) is 5.95 Å². The lowest BCUT2D eigenvalue weighted by Crippen LogP contribution is -2.45. The summed E-state index contributed by atoms with van der Waals surface area (Å²) in [6.45, 7) is -0.0927. The van der Waals surface area contributed by atoms with Gasteiger partial charge in [0.05, 0.1) is 36.0 Å². The predicted octanol–water partition coefficient (Wildman–Crippen LogP) is 3.54. The van der Waals surface area contributed by atoms with Gasteiger partial charge < -0.3 is 15.0 Å². The average molecular weight is 403 g/mol. The second kappa shape index (κ2) is 7.87. The maximum absolute atomic E-state index is 14.6. The fourth-order valence-corrected chi connectivity index (χ4v) is 3.89. The van der Waals surface area contributed by atoms with Crippen LogP contribution < -0.4 is 5.32 Å². The SMILES string of the molecule is O=C(N[C@H]1CCCC[C@@H]1O)c1cn(Cc2cc(F)ncc2F)c2cccc(F)c12. The number of benzene rings is 1. The molecule has 0 radical (unpaired) electrons. The summed E-state index contributed by atoms with van der Waals surface area (Å²) in [5.74, 6) is -2.61. The highest BCUT2D eigenvalue weighted by molar-refractivity contribution is 6.07. The Kier molecular flexibility index (Phi) is 5.27. The highest BCUT2D eigenvalue weighted by Crippen LogP contribution is 2.27. The molecular formula is C21H20F3N3O2. The van der Waals surface area contributed by atoms with Crippen LogP contribution in [-0.4, -0.2) is 32.7 Å². The van der Waals surface area contributed by atoms with E-state index in [-0.39, 0.29) is 23.1 Å². The topological polar surface area (TPSA) is 67.2 Å². The van der Waals surface area contributed by atoms with Crippen LogP contribution in [-0.2, 0) is 6.54 Å². The fraction of sp³-hybridized carbons (Fsp3) is 0.333. The van der Waals surface area contributed by atoms with Gasteiger partial charge >= 0.3 is 0 Å². The predicted molar refractivity (Wildman–Crippen MR) is 101 cm³/mol. The minimum atomic E-state index is -0.826. The Morgan fingerprint density at radius 2 is 2.00 bits per heavy atom. The third-order valence-electron chi connectivity index (χ3n) is 5.39. The van der Waals surface area contributed by atoms with E-state index in [1.54, 1.807) is 6.07 Å². The Morgan fingerprint density at radius 1 is 1.21 bits per heavy atom. The first-order chi connectivity index (χ1) is 13.9. The van der Waals surface area contributed by atoms with Crippen LogP contribution in [0.15, 0.2) is 36.7 Å². The van der Waals surface area contributed by atoms with E-state index in [0.717, 1.165) is 25.1 Å². The molecule has 0 spiro atoms. The number of nitrogens with one attached hydrogen (secondary N) is 1. The quantitative estimate of drug-likeness (QED) is 0.655. The molecule has 2 aromatic heterocycles. The molecule has 0 bridgehead atoms. The van der Waals surface area contributed by atoms with Crippen LogP contribution in [0, 0.1) is 17.6 Å². The normalized spacial score (nSPS) is 19.4. The molecule has 0 unspecified atom stereocenters. The van der Waals surface area contributed by atoms with Crippen molar-refractivity contribution in [1.29, 1.82) is 0 Å². The van der Waals surface area contributed by atoms with E-state index in [1.165, 1.54) is 22.9 Å². The van der Waals surface area contributed by atoms with E-state index in [2.05, 4.69) is 10.3 Å². The van der Waals surface area contributed by atoms with Gasteiger partial charge in [0.25, 0.3) is 5.91 Å². The molecule has 8 heteroatoms. The van der Waals surface area contributed by atoms with E-state index in [1.807, 2.05) is 0 Å². The first-order valence-corrected chi connectivity index (χ1v) is 9.50. The zero-order valence-electron chi connectivity index (χ0n) is 15.5. The molecule has 1 fully saturated rings. The van der Waals surface area contributed by atoms with Crippen LogP contribution in [0.1, 0.15) is 41.6 Å². The molecule has 1 aliphatic rings. The second-order valence-electron chi connectivity index (χ2n) is 7.33. The Labute approximate surface area is 165 Å². The maximum atomic E-state index is 14.6. The number of aliphatic hydroxyl groups is 1. The molecule has 5 nitrogen and oxygen atoms in total. The Bertz CT molecular complexity index is 1070. The second-order valence-corrected chi connectivity index (χ2v) is 7.33. The molecule has 0 saturated heterocycles. The van der Waals surface area contributed by atoms with E-state index in [4.69, 9.17) is 0 Å². The number of hydrogen-bond acceptors (Lipinski definition) is 3. The number of nitrogens with zero attached hydrogens (tertiary/aromatic N) is 2. The Balaban J connectivity index is 1.71. The van der Waals surface area contributed by atoms with Crippen molar-refractivity contribution in [2.24, 2.45) is 0 Å². The van der Waals surface area contributed by atoms with Crippen LogP contribution in [0.4, 0.5) is 13.2 Å². The van der Waals surface area contributed by atoms with Crippen LogP contribution in [0.25, 0.3) is 10.9 Å². The van der Waals surface area contributed by atoms with Crippen LogP contribution >= 0.6 is 0 Å². The number of pyridine rings is 1. The smallest absolute Gasteiger partial charge is 0.253 e. The average Bonchev–Trinajstić information content (AvgIpc) is 3.06. The van der Waals surface area contributed by atoms with E-state index in [9.17, 15) is 23.1 Å². The zero-order chi connectivity index (χ0) is 20.5. The van der Waals surface area contributed by atoms with Crippen molar-refractivity contribution in [3.05, 3.63) is 65.4 Å². The molecule has 1 aromatic carbocycles. The number of hydrogen-bond donors (Lipinski definition) is 2. The highest BCUT2D eigenvalue weighted by Gasteiger charge is 2.27. The van der Waals surface area contributed by atoms with Crippen molar-refractivity contribution >= 4 is 16.8 Å². The number of carbonyl (C=O) groups excluding carboxylic acids is 1. The molecule has 0 aliphatic heterocycles. The number of rotatable bonds is 4. The third-order valence-corrected chi connectivity index (χ3v) is 5.39. The summed E-state index contributed by atoms with van der Waals surface area (Å²) in [5.41, 5.74) is 0.509. The standard InChI is InChI=1S/C21H20F3N3O2/c22-14-4-3-6-17-20(14)13(21(29)26-16-5-1-2-7-18(16)28)11-27(17)10-12-8-19(24)25-9-15(12)23/h3-4,6,8-9,11,16,18,28H,1-2,5,7,10H2,(H,26,29)/t16-,18-/m0/s1. The lowest BCUT2D eigenvalue weighted by atomic mass is 9.92. The van der Waals surface area contributed by atoms with Crippen molar-refractivity contribution in [2.75, 3.05) is 0 Å². The van der Waals surface area contributed by atoms with Crippen molar-refractivity contribution in [2.45, 2.75) is 44.4 Å². The molecule has 2 N–H and O–H groups in total. The Hall–Kier alpha value is -2.87. The van der Waals surface area contributed by atoms with Crippen molar-refractivity contribution < 1.29 is 23.1 Å². The van der Waals surface area contributed by atoms with Gasteiger partial charge in [0, 0.05) is 23.2 Å². The molecule has 1 saturated carbocycles. The number of aromatic nitrogens is 2. The zero-order valence-corrected chi connectivity index (χ0v) is 15.5. The van der Waals surface area contributed by atoms with Crippen LogP contribution in [0.2, 0.25) is 0 Å². The summed E-state index contributed by atoms with van der Waals surface area (Å²) in [6, 6.07) is 4.92. The van der Waals surface area contributed by atoms with Gasteiger partial charge in [-0.1, -0.05) is 18.9 Å². The summed E-state index contributed by atoms with van der Waals surface area (Å²) < 4.78 is 43.5. The van der Waals surface area contributed by atoms with Crippen molar-refractivity contribution in [1.82, 2.24) is 14.9 Å². The summed E-state index contributed by atoms with van der Waals surface area (Å²) in [6.07, 6.45) is 4.62. The largest absolute Gasteiger partial charge is 0.391 e. The van der Waals surface area contributed by atoms with Gasteiger partial charge in [-0.15, -0.1) is 0 Å². The molecule has 3 aromatic rings. The molecule has 1 aliphatic carbocycles. The van der Waals surface area contributed by atoms with E-state index >= 15 is 0 Å². The fourth-order valence-electron chi connectivity index (χ4n) is 3.89. The number of fused-ring (bicyclic) bond motifs is 1. The minimum Gasteiger partial charge on any atom is -0.391 e. The monoisotopic (exact) mass is 403 g/mol. The molecule has 1 amide bonds. The van der Waals surface area contributed by atoms with Gasteiger partial charge in [-0.2, -0.15) is 4.39 Å². The molecule has 2 heterocycles. The van der Waals surface area contributed by atoms with Gasteiger partial charge in [0.15, 0.2) is 0 Å². The highest BCUT2D eigenvalue weighted by atomic mass is 19.1. The summed E-state index contributed by atoms with van der Waals surface area (Å²) in [4.78, 5) is 16.1. The minimum absolute atomic E-state index is 0.0355.